The highest BCUT2D eigenvalue weighted by atomic mass is 32.2. The molecule has 2 amide bonds. The lowest BCUT2D eigenvalue weighted by Gasteiger charge is -2.22. The van der Waals surface area contributed by atoms with E-state index in [-0.39, 0.29) is 24.4 Å². The first-order valence-electron chi connectivity index (χ1n) is 13.3. The van der Waals surface area contributed by atoms with Crippen molar-refractivity contribution in [2.75, 3.05) is 32.7 Å². The van der Waals surface area contributed by atoms with Crippen molar-refractivity contribution >= 4 is 41.2 Å². The molecule has 1 saturated heterocycles. The van der Waals surface area contributed by atoms with Gasteiger partial charge in [0.1, 0.15) is 6.29 Å². The Morgan fingerprint density at radius 3 is 2.41 bits per heavy atom. The lowest BCUT2D eigenvalue weighted by Crippen LogP contribution is -2.34. The van der Waals surface area contributed by atoms with Gasteiger partial charge >= 0.3 is 5.97 Å². The van der Waals surface area contributed by atoms with Crippen LogP contribution in [-0.2, 0) is 35.2 Å². The van der Waals surface area contributed by atoms with E-state index < -0.39 is 5.41 Å². The van der Waals surface area contributed by atoms with E-state index >= 15 is 0 Å². The molecule has 0 saturated carbocycles. The summed E-state index contributed by atoms with van der Waals surface area (Å²) >= 11 is 1.82. The van der Waals surface area contributed by atoms with Crippen LogP contribution in [0.2, 0.25) is 0 Å². The number of amides is 2. The topological polar surface area (TPSA) is 114 Å². The number of likely N-dealkylation sites (tertiary alicyclic amines) is 1. The van der Waals surface area contributed by atoms with Crippen molar-refractivity contribution in [3.63, 3.8) is 0 Å². The molecule has 2 aliphatic rings. The van der Waals surface area contributed by atoms with Crippen LogP contribution in [0.25, 0.3) is 4.91 Å². The van der Waals surface area contributed by atoms with Gasteiger partial charge in [-0.2, -0.15) is 0 Å². The Balaban J connectivity index is 0.000000334. The molecule has 0 bridgehead atoms. The van der Waals surface area contributed by atoms with E-state index in [1.54, 1.807) is 13.8 Å². The second-order valence-electron chi connectivity index (χ2n) is 10.1. The molecule has 2 aliphatic heterocycles. The number of hydrogen-bond donors (Lipinski definition) is 2. The highest BCUT2D eigenvalue weighted by Crippen LogP contribution is 2.33. The average molecular weight is 564 g/mol. The van der Waals surface area contributed by atoms with E-state index in [0.29, 0.717) is 13.1 Å². The van der Waals surface area contributed by atoms with Crippen molar-refractivity contribution in [1.82, 2.24) is 15.5 Å². The number of ether oxygens (including phenoxy) is 2. The van der Waals surface area contributed by atoms with Gasteiger partial charge in [-0.3, -0.25) is 14.4 Å². The van der Waals surface area contributed by atoms with Crippen LogP contribution in [0.5, 0.6) is 0 Å². The van der Waals surface area contributed by atoms with Crippen LogP contribution in [0.3, 0.4) is 0 Å². The summed E-state index contributed by atoms with van der Waals surface area (Å²) < 4.78 is 9.83. The highest BCUT2D eigenvalue weighted by Gasteiger charge is 2.30. The van der Waals surface area contributed by atoms with Gasteiger partial charge in [0.05, 0.1) is 19.1 Å². The Kier molecular flexibility index (Phi) is 16.2. The standard InChI is InChI=1S/C14H25NO3.C12H14N2OS.C3H6O2/c1-4-5-8-18-12-6-7-15(10-12)13(17)9-14(2,3)11-16;1-9-12(16-8-14-9)11-4-2-10(3-5-11)6-13-7-15;1-3(4)5-2/h11-12H,4-10H2,1-3H3;2-5,7,14H,6,8H2,1H3,(H,13,15);1-2H3. The molecule has 0 radical (unpaired) electrons. The monoisotopic (exact) mass is 563 g/mol. The Hall–Kier alpha value is -2.85. The van der Waals surface area contributed by atoms with Gasteiger partial charge in [-0.25, -0.2) is 0 Å². The number of allylic oxidation sites excluding steroid dienone is 1. The van der Waals surface area contributed by atoms with Crippen LogP contribution >= 0.6 is 11.8 Å². The fraction of sp³-hybridized carbons (Fsp3) is 0.586. The van der Waals surface area contributed by atoms with Gasteiger partial charge in [-0.15, -0.1) is 11.8 Å². The van der Waals surface area contributed by atoms with Crippen molar-refractivity contribution in [2.45, 2.75) is 73.0 Å². The number of rotatable bonds is 11. The quantitative estimate of drug-likeness (QED) is 0.235. The van der Waals surface area contributed by atoms with Gasteiger partial charge in [0.25, 0.3) is 0 Å². The van der Waals surface area contributed by atoms with Crippen molar-refractivity contribution < 1.29 is 28.7 Å². The zero-order chi connectivity index (χ0) is 29.3. The van der Waals surface area contributed by atoms with Crippen molar-refractivity contribution in [1.29, 1.82) is 0 Å². The predicted molar refractivity (Wildman–Crippen MR) is 156 cm³/mol. The average Bonchev–Trinajstić information content (AvgIpc) is 3.58. The maximum absolute atomic E-state index is 12.0. The number of esters is 1. The molecule has 39 heavy (non-hydrogen) atoms. The number of carbonyl (C=O) groups excluding carboxylic acids is 4. The van der Waals surface area contributed by atoms with Gasteiger partial charge in [0.2, 0.25) is 12.3 Å². The van der Waals surface area contributed by atoms with Crippen LogP contribution in [-0.4, -0.2) is 68.3 Å². The number of methoxy groups -OCH3 is 1. The van der Waals surface area contributed by atoms with E-state index in [1.165, 1.54) is 30.2 Å². The smallest absolute Gasteiger partial charge is 0.302 e. The molecular weight excluding hydrogens is 518 g/mol. The third kappa shape index (κ3) is 13.7. The third-order valence-electron chi connectivity index (χ3n) is 6.06. The largest absolute Gasteiger partial charge is 0.469 e. The van der Waals surface area contributed by atoms with Crippen LogP contribution in [0.15, 0.2) is 30.0 Å². The molecule has 1 fully saturated rings. The van der Waals surface area contributed by atoms with Crippen LogP contribution in [0.4, 0.5) is 0 Å². The van der Waals surface area contributed by atoms with Crippen LogP contribution < -0.4 is 10.6 Å². The van der Waals surface area contributed by atoms with Gasteiger partial charge in [-0.05, 0) is 30.9 Å². The lowest BCUT2D eigenvalue weighted by molar-refractivity contribution is -0.138. The SMILES string of the molecule is CC1=C(c2ccc(CNC=O)cc2)SCN1.CCCCOC1CCN(C(=O)CC(C)(C)C=O)C1.COC(C)=O. The molecule has 3 rings (SSSR count). The molecule has 10 heteroatoms. The molecule has 1 atom stereocenters. The Bertz CT molecular complexity index is 949. The number of unbranched alkanes of at least 4 members (excludes halogenated alkanes) is 1. The van der Waals surface area contributed by atoms with Gasteiger partial charge in [-0.1, -0.05) is 51.5 Å². The fourth-order valence-corrected chi connectivity index (χ4v) is 4.69. The first-order valence-corrected chi connectivity index (χ1v) is 14.3. The second kappa shape index (κ2) is 18.4. The van der Waals surface area contributed by atoms with Crippen molar-refractivity contribution in [3.8, 4) is 0 Å². The molecule has 0 aromatic heterocycles. The summed E-state index contributed by atoms with van der Waals surface area (Å²) in [6.45, 7) is 12.0. The van der Waals surface area contributed by atoms with Gasteiger partial charge in [0.15, 0.2) is 0 Å². The molecule has 0 spiro atoms. The number of nitrogens with zero attached hydrogens (tertiary/aromatic N) is 1. The van der Waals surface area contributed by atoms with E-state index in [1.807, 2.05) is 28.8 Å². The number of benzene rings is 1. The van der Waals surface area contributed by atoms with Crippen molar-refractivity contribution in [3.05, 3.63) is 41.1 Å². The normalized spacial score (nSPS) is 16.3. The first kappa shape index (κ1) is 34.2. The number of aldehydes is 1. The Morgan fingerprint density at radius 1 is 1.23 bits per heavy atom. The summed E-state index contributed by atoms with van der Waals surface area (Å²) in [4.78, 5) is 45.7. The fourth-order valence-electron chi connectivity index (χ4n) is 3.67. The second-order valence-corrected chi connectivity index (χ2v) is 11.1. The maximum atomic E-state index is 12.0. The summed E-state index contributed by atoms with van der Waals surface area (Å²) in [6, 6.07) is 8.29. The summed E-state index contributed by atoms with van der Waals surface area (Å²) in [5.74, 6) is 0.772. The minimum atomic E-state index is -0.557. The number of thioether (sulfide) groups is 1. The van der Waals surface area contributed by atoms with E-state index in [2.05, 4.69) is 41.4 Å². The minimum Gasteiger partial charge on any atom is -0.469 e. The molecule has 1 unspecified atom stereocenters. The lowest BCUT2D eigenvalue weighted by atomic mass is 9.91. The molecular formula is C29H45N3O6S. The first-order chi connectivity index (χ1) is 18.6. The van der Waals surface area contributed by atoms with E-state index in [0.717, 1.165) is 56.6 Å². The van der Waals surface area contributed by atoms with E-state index in [4.69, 9.17) is 4.74 Å². The third-order valence-corrected chi connectivity index (χ3v) is 7.18. The Labute approximate surface area is 237 Å². The summed E-state index contributed by atoms with van der Waals surface area (Å²) in [7, 11) is 1.35. The molecule has 9 nitrogen and oxygen atoms in total. The molecule has 218 valence electrons. The number of carbonyl (C=O) groups is 4. The van der Waals surface area contributed by atoms with Gasteiger partial charge in [0, 0.05) is 55.6 Å². The predicted octanol–water partition coefficient (Wildman–Crippen LogP) is 4.11. The van der Waals surface area contributed by atoms with Crippen molar-refractivity contribution in [2.24, 2.45) is 5.41 Å². The van der Waals surface area contributed by atoms with Crippen LogP contribution in [0, 0.1) is 5.41 Å². The molecule has 2 N–H and O–H groups in total. The van der Waals surface area contributed by atoms with Crippen LogP contribution in [0.1, 0.15) is 71.4 Å². The van der Waals surface area contributed by atoms with E-state index in [9.17, 15) is 19.2 Å². The number of nitrogens with one attached hydrogen (secondary N) is 2. The highest BCUT2D eigenvalue weighted by molar-refractivity contribution is 8.08. The number of hydrogen-bond acceptors (Lipinski definition) is 8. The minimum absolute atomic E-state index is 0.0636. The zero-order valence-electron chi connectivity index (χ0n) is 24.2. The zero-order valence-corrected chi connectivity index (χ0v) is 25.0. The maximum Gasteiger partial charge on any atom is 0.302 e. The molecule has 2 heterocycles. The van der Waals surface area contributed by atoms with Gasteiger partial charge < -0.3 is 29.8 Å². The summed E-state index contributed by atoms with van der Waals surface area (Å²) in [5, 5.41) is 5.95. The molecule has 0 aliphatic carbocycles. The molecule has 1 aromatic carbocycles. The summed E-state index contributed by atoms with van der Waals surface area (Å²) in [6.07, 6.45) is 5.16. The Morgan fingerprint density at radius 2 is 1.90 bits per heavy atom. The summed E-state index contributed by atoms with van der Waals surface area (Å²) in [5.41, 5.74) is 3.04. The molecule has 1 aromatic rings.